The van der Waals surface area contributed by atoms with Crippen LogP contribution in [0.4, 0.5) is 0 Å². The fourth-order valence-electron chi connectivity index (χ4n) is 2.44. The Morgan fingerprint density at radius 3 is 2.73 bits per heavy atom. The van der Waals surface area contributed by atoms with Gasteiger partial charge in [0, 0.05) is 13.5 Å². The van der Waals surface area contributed by atoms with E-state index in [1.165, 1.54) is 12.8 Å². The van der Waals surface area contributed by atoms with E-state index in [-0.39, 0.29) is 11.5 Å². The number of aromatic nitrogens is 3. The lowest BCUT2D eigenvalue weighted by molar-refractivity contribution is 0.0401. The summed E-state index contributed by atoms with van der Waals surface area (Å²) in [6.45, 7) is 2.18. The van der Waals surface area contributed by atoms with Crippen LogP contribution in [0.15, 0.2) is 6.33 Å². The third-order valence-electron chi connectivity index (χ3n) is 3.73. The first-order valence-corrected chi connectivity index (χ1v) is 5.63. The quantitative estimate of drug-likeness (QED) is 0.816. The molecule has 1 atom stereocenters. The van der Waals surface area contributed by atoms with Gasteiger partial charge in [0.2, 0.25) is 0 Å². The van der Waals surface area contributed by atoms with Crippen LogP contribution in [0, 0.1) is 5.41 Å². The minimum atomic E-state index is -0.289. The van der Waals surface area contributed by atoms with E-state index in [1.54, 1.807) is 11.0 Å². The summed E-state index contributed by atoms with van der Waals surface area (Å²) in [4.78, 5) is 4.15. The highest BCUT2D eigenvalue weighted by atomic mass is 16.3. The van der Waals surface area contributed by atoms with Crippen LogP contribution in [-0.4, -0.2) is 26.0 Å². The second-order valence-corrected chi connectivity index (χ2v) is 4.88. The Kier molecular flexibility index (Phi) is 2.78. The maximum atomic E-state index is 10.2. The van der Waals surface area contributed by atoms with E-state index in [2.05, 4.69) is 17.0 Å². The lowest BCUT2D eigenvalue weighted by atomic mass is 9.81. The van der Waals surface area contributed by atoms with Crippen molar-refractivity contribution in [3.05, 3.63) is 12.2 Å². The molecule has 1 aliphatic rings. The highest BCUT2D eigenvalue weighted by Gasteiger charge is 2.36. The molecule has 0 spiro atoms. The van der Waals surface area contributed by atoms with Gasteiger partial charge in [-0.1, -0.05) is 19.8 Å². The Bertz CT molecular complexity index is 328. The summed E-state index contributed by atoms with van der Waals surface area (Å²) in [6.07, 6.45) is 6.62. The molecule has 1 N–H and O–H groups in total. The van der Waals surface area contributed by atoms with Gasteiger partial charge in [-0.05, 0) is 18.3 Å². The lowest BCUT2D eigenvalue weighted by Gasteiger charge is -2.29. The van der Waals surface area contributed by atoms with Gasteiger partial charge in [-0.3, -0.25) is 4.68 Å². The fraction of sp³-hybridized carbons (Fsp3) is 0.818. The summed E-state index contributed by atoms with van der Waals surface area (Å²) >= 11 is 0. The van der Waals surface area contributed by atoms with Crippen molar-refractivity contribution in [2.24, 2.45) is 12.5 Å². The Balaban J connectivity index is 2.03. The predicted molar refractivity (Wildman–Crippen MR) is 57.3 cm³/mol. The molecule has 2 rings (SSSR count). The smallest absolute Gasteiger partial charge is 0.138 e. The van der Waals surface area contributed by atoms with Crippen molar-refractivity contribution in [3.8, 4) is 0 Å². The summed E-state index contributed by atoms with van der Waals surface area (Å²) in [7, 11) is 1.87. The van der Waals surface area contributed by atoms with E-state index in [0.29, 0.717) is 6.42 Å². The maximum Gasteiger partial charge on any atom is 0.138 e. The van der Waals surface area contributed by atoms with Gasteiger partial charge in [0.05, 0.1) is 6.10 Å². The SMILES string of the molecule is Cn1ncnc1CC(O)C1(C)CCCC1. The van der Waals surface area contributed by atoms with E-state index in [1.807, 2.05) is 7.05 Å². The highest BCUT2D eigenvalue weighted by molar-refractivity contribution is 4.94. The predicted octanol–water partition coefficient (Wildman–Crippen LogP) is 1.30. The molecule has 0 aliphatic heterocycles. The molecule has 0 amide bonds. The summed E-state index contributed by atoms with van der Waals surface area (Å²) in [5.41, 5.74) is 0.0892. The van der Waals surface area contributed by atoms with Crippen molar-refractivity contribution in [1.29, 1.82) is 0 Å². The number of aliphatic hydroxyl groups is 1. The summed E-state index contributed by atoms with van der Waals surface area (Å²) in [5, 5.41) is 14.2. The third-order valence-corrected chi connectivity index (χ3v) is 3.73. The molecule has 1 aliphatic carbocycles. The van der Waals surface area contributed by atoms with Gasteiger partial charge in [0.25, 0.3) is 0 Å². The van der Waals surface area contributed by atoms with Gasteiger partial charge in [0.15, 0.2) is 0 Å². The molecule has 1 saturated carbocycles. The molecule has 0 saturated heterocycles. The highest BCUT2D eigenvalue weighted by Crippen LogP contribution is 2.41. The summed E-state index contributed by atoms with van der Waals surface area (Å²) < 4.78 is 1.74. The molecule has 1 aromatic heterocycles. The van der Waals surface area contributed by atoms with Gasteiger partial charge in [-0.2, -0.15) is 5.10 Å². The van der Waals surface area contributed by atoms with Crippen LogP contribution >= 0.6 is 0 Å². The molecule has 1 heterocycles. The molecule has 1 unspecified atom stereocenters. The average Bonchev–Trinajstić information content (AvgIpc) is 2.78. The van der Waals surface area contributed by atoms with Crippen LogP contribution in [-0.2, 0) is 13.5 Å². The zero-order valence-electron chi connectivity index (χ0n) is 9.48. The molecule has 15 heavy (non-hydrogen) atoms. The molecular weight excluding hydrogens is 190 g/mol. The second kappa shape index (κ2) is 3.93. The van der Waals surface area contributed by atoms with Crippen LogP contribution in [0.1, 0.15) is 38.4 Å². The molecule has 1 fully saturated rings. The molecule has 4 nitrogen and oxygen atoms in total. The number of aliphatic hydroxyl groups excluding tert-OH is 1. The minimum Gasteiger partial charge on any atom is -0.392 e. The Morgan fingerprint density at radius 2 is 2.20 bits per heavy atom. The molecule has 4 heteroatoms. The minimum absolute atomic E-state index is 0.0892. The van der Waals surface area contributed by atoms with E-state index < -0.39 is 0 Å². The average molecular weight is 209 g/mol. The summed E-state index contributed by atoms with van der Waals surface area (Å²) in [5.74, 6) is 0.871. The molecule has 84 valence electrons. The van der Waals surface area contributed by atoms with Crippen molar-refractivity contribution >= 4 is 0 Å². The molecule has 1 aromatic rings. The molecule has 0 radical (unpaired) electrons. The van der Waals surface area contributed by atoms with Crippen LogP contribution in [0.25, 0.3) is 0 Å². The maximum absolute atomic E-state index is 10.2. The van der Waals surface area contributed by atoms with Crippen LogP contribution in [0.2, 0.25) is 0 Å². The monoisotopic (exact) mass is 209 g/mol. The molecular formula is C11H19N3O. The van der Waals surface area contributed by atoms with Gasteiger partial charge in [-0.25, -0.2) is 4.98 Å². The second-order valence-electron chi connectivity index (χ2n) is 4.88. The van der Waals surface area contributed by atoms with Gasteiger partial charge in [0.1, 0.15) is 12.2 Å². The first-order valence-electron chi connectivity index (χ1n) is 5.63. The van der Waals surface area contributed by atoms with Crippen molar-refractivity contribution < 1.29 is 5.11 Å². The van der Waals surface area contributed by atoms with E-state index in [9.17, 15) is 5.11 Å². The van der Waals surface area contributed by atoms with Crippen LogP contribution < -0.4 is 0 Å². The van der Waals surface area contributed by atoms with E-state index >= 15 is 0 Å². The van der Waals surface area contributed by atoms with Crippen LogP contribution in [0.5, 0.6) is 0 Å². The largest absolute Gasteiger partial charge is 0.392 e. The first kappa shape index (κ1) is 10.6. The number of rotatable bonds is 3. The van der Waals surface area contributed by atoms with Gasteiger partial charge >= 0.3 is 0 Å². The van der Waals surface area contributed by atoms with E-state index in [4.69, 9.17) is 0 Å². The first-order chi connectivity index (χ1) is 7.12. The Labute approximate surface area is 90.3 Å². The number of hydrogen-bond acceptors (Lipinski definition) is 3. The van der Waals surface area contributed by atoms with Crippen molar-refractivity contribution in [3.63, 3.8) is 0 Å². The Morgan fingerprint density at radius 1 is 1.53 bits per heavy atom. The summed E-state index contributed by atoms with van der Waals surface area (Å²) in [6, 6.07) is 0. The van der Waals surface area contributed by atoms with Crippen LogP contribution in [0.3, 0.4) is 0 Å². The number of nitrogens with zero attached hydrogens (tertiary/aromatic N) is 3. The lowest BCUT2D eigenvalue weighted by Crippen LogP contribution is -2.32. The zero-order valence-corrected chi connectivity index (χ0v) is 9.48. The normalized spacial score (nSPS) is 21.8. The number of aryl methyl sites for hydroxylation is 1. The fourth-order valence-corrected chi connectivity index (χ4v) is 2.44. The molecule has 0 bridgehead atoms. The van der Waals surface area contributed by atoms with Crippen molar-refractivity contribution in [2.45, 2.75) is 45.1 Å². The van der Waals surface area contributed by atoms with E-state index in [0.717, 1.165) is 18.7 Å². The molecule has 0 aromatic carbocycles. The topological polar surface area (TPSA) is 50.9 Å². The number of hydrogen-bond donors (Lipinski definition) is 1. The van der Waals surface area contributed by atoms with Crippen molar-refractivity contribution in [1.82, 2.24) is 14.8 Å². The zero-order chi connectivity index (χ0) is 10.9. The van der Waals surface area contributed by atoms with Gasteiger partial charge < -0.3 is 5.11 Å². The standard InChI is InChI=1S/C11H19N3O/c1-11(5-3-4-6-11)9(15)7-10-12-8-13-14(10)2/h8-9,15H,3-7H2,1-2H3. The third kappa shape index (κ3) is 2.04. The Hall–Kier alpha value is -0.900. The van der Waals surface area contributed by atoms with Gasteiger partial charge in [-0.15, -0.1) is 0 Å². The van der Waals surface area contributed by atoms with Crippen molar-refractivity contribution in [2.75, 3.05) is 0 Å².